The molecule has 0 atom stereocenters. The molecule has 3 nitrogen and oxygen atoms in total. The molecule has 0 aliphatic heterocycles. The molecule has 0 fully saturated rings. The van der Waals surface area contributed by atoms with Gasteiger partial charge in [0.15, 0.2) is 11.0 Å². The predicted octanol–water partition coefficient (Wildman–Crippen LogP) is 8.38. The minimum atomic E-state index is -0.208. The Morgan fingerprint density at radius 1 is 0.789 bits per heavy atom. The highest BCUT2D eigenvalue weighted by Crippen LogP contribution is 2.52. The molecular weight excluding hydrogens is 462 g/mol. The van der Waals surface area contributed by atoms with Crippen LogP contribution in [0.1, 0.15) is 81.3 Å². The van der Waals surface area contributed by atoms with E-state index in [1.165, 1.54) is 61.5 Å². The molecule has 0 saturated carbocycles. The normalized spacial score (nSPS) is 13.9. The molecule has 1 aliphatic rings. The Morgan fingerprint density at radius 2 is 1.47 bits per heavy atom. The third kappa shape index (κ3) is 3.34. The zero-order chi connectivity index (χ0) is 26.9. The zero-order valence-corrected chi connectivity index (χ0v) is 23.9. The molecule has 0 spiro atoms. The average molecular weight is 501 g/mol. The molecule has 0 radical (unpaired) electrons. The fraction of sp³-hybridized carbons (Fsp3) is 0.314. The van der Waals surface area contributed by atoms with Gasteiger partial charge in [-0.1, -0.05) is 90.1 Å². The van der Waals surface area contributed by atoms with Gasteiger partial charge in [0.1, 0.15) is 5.69 Å². The summed E-state index contributed by atoms with van der Waals surface area (Å²) in [6.45, 7) is 16.2. The summed E-state index contributed by atoms with van der Waals surface area (Å²) >= 11 is 0. The predicted molar refractivity (Wildman–Crippen MR) is 158 cm³/mol. The maximum Gasteiger partial charge on any atom is 0.295 e. The number of hydrogen-bond donors (Lipinski definition) is 0. The maximum atomic E-state index is 4.90. The van der Waals surface area contributed by atoms with Gasteiger partial charge in [0.2, 0.25) is 0 Å². The molecule has 6 rings (SSSR count). The van der Waals surface area contributed by atoms with Crippen LogP contribution < -0.4 is 4.57 Å². The molecule has 38 heavy (non-hydrogen) atoms. The molecule has 192 valence electrons. The Morgan fingerprint density at radius 3 is 2.16 bits per heavy atom. The Bertz CT molecular complexity index is 1690. The van der Waals surface area contributed by atoms with Crippen LogP contribution in [0.25, 0.3) is 39.2 Å². The highest BCUT2D eigenvalue weighted by Gasteiger charge is 2.43. The molecule has 2 aromatic heterocycles. The number of aromatic nitrogens is 3. The smallest absolute Gasteiger partial charge is 0.260 e. The van der Waals surface area contributed by atoms with Crippen molar-refractivity contribution in [3.05, 3.63) is 101 Å². The first kappa shape index (κ1) is 24.6. The van der Waals surface area contributed by atoms with Crippen molar-refractivity contribution < 1.29 is 4.57 Å². The Labute approximate surface area is 226 Å². The molecular formula is C35H38N3+. The first-order valence-electron chi connectivity index (χ1n) is 13.9. The second kappa shape index (κ2) is 8.66. The fourth-order valence-electron chi connectivity index (χ4n) is 6.70. The van der Waals surface area contributed by atoms with Gasteiger partial charge in [-0.2, -0.15) is 4.57 Å². The molecule has 0 saturated heterocycles. The van der Waals surface area contributed by atoms with Crippen LogP contribution in [-0.2, 0) is 12.5 Å². The SMILES string of the molecule is Cc1ccc2c(c1-c1n(-c3c(C(C)C)cccc3C(C)C)c3ccccc3[n+]1C)C(C)(C)c1ncccc1-2. The van der Waals surface area contributed by atoms with Gasteiger partial charge < -0.3 is 0 Å². The minimum absolute atomic E-state index is 0.208. The average Bonchev–Trinajstić information content (AvgIpc) is 3.32. The number of imidazole rings is 1. The summed E-state index contributed by atoms with van der Waals surface area (Å²) < 4.78 is 4.97. The first-order valence-corrected chi connectivity index (χ1v) is 13.9. The van der Waals surface area contributed by atoms with E-state index in [9.17, 15) is 0 Å². The van der Waals surface area contributed by atoms with Gasteiger partial charge in [0.25, 0.3) is 5.82 Å². The van der Waals surface area contributed by atoms with Gasteiger partial charge in [-0.25, -0.2) is 4.57 Å². The number of para-hydroxylation sites is 3. The van der Waals surface area contributed by atoms with Crippen molar-refractivity contribution in [2.45, 2.75) is 65.7 Å². The van der Waals surface area contributed by atoms with Gasteiger partial charge in [0.05, 0.1) is 18.3 Å². The van der Waals surface area contributed by atoms with Crippen molar-refractivity contribution in [1.29, 1.82) is 0 Å². The molecule has 3 heteroatoms. The number of pyridine rings is 1. The van der Waals surface area contributed by atoms with Crippen LogP contribution in [0.5, 0.6) is 0 Å². The lowest BCUT2D eigenvalue weighted by atomic mass is 9.80. The molecule has 0 unspecified atom stereocenters. The van der Waals surface area contributed by atoms with Crippen LogP contribution in [0.3, 0.4) is 0 Å². The third-order valence-electron chi connectivity index (χ3n) is 8.53. The fourth-order valence-corrected chi connectivity index (χ4v) is 6.70. The monoisotopic (exact) mass is 500 g/mol. The van der Waals surface area contributed by atoms with Crippen molar-refractivity contribution in [2.75, 3.05) is 0 Å². The quantitative estimate of drug-likeness (QED) is 0.227. The van der Waals surface area contributed by atoms with E-state index in [4.69, 9.17) is 4.98 Å². The standard InChI is InChI=1S/C35H38N3/c1-21(2)24-13-11-14-25(22(3)4)32(24)38-29-17-10-9-16-28(29)37(8)34(38)30-23(5)18-19-26-27-15-12-20-36-33(27)35(6,7)31(26)30/h9-22H,1-8H3/q+1. The largest absolute Gasteiger partial charge is 0.295 e. The van der Waals surface area contributed by atoms with Crippen LogP contribution in [0.15, 0.2) is 72.9 Å². The van der Waals surface area contributed by atoms with Crippen molar-refractivity contribution in [1.82, 2.24) is 9.55 Å². The number of aryl methyl sites for hydroxylation is 2. The summed E-state index contributed by atoms with van der Waals surface area (Å²) in [5.74, 6) is 2.03. The first-order chi connectivity index (χ1) is 18.1. The topological polar surface area (TPSA) is 21.7 Å². The molecule has 5 aromatic rings. The van der Waals surface area contributed by atoms with Crippen molar-refractivity contribution in [3.8, 4) is 28.2 Å². The second-order valence-electron chi connectivity index (χ2n) is 12.0. The van der Waals surface area contributed by atoms with Gasteiger partial charge in [-0.3, -0.25) is 4.98 Å². The highest BCUT2D eigenvalue weighted by molar-refractivity contribution is 5.89. The van der Waals surface area contributed by atoms with Gasteiger partial charge in [0, 0.05) is 28.3 Å². The van der Waals surface area contributed by atoms with Crippen molar-refractivity contribution in [3.63, 3.8) is 0 Å². The minimum Gasteiger partial charge on any atom is -0.260 e. The second-order valence-corrected chi connectivity index (χ2v) is 12.0. The summed E-state index contributed by atoms with van der Waals surface area (Å²) in [6.07, 6.45) is 1.93. The lowest BCUT2D eigenvalue weighted by molar-refractivity contribution is -0.633. The van der Waals surface area contributed by atoms with E-state index in [1.807, 2.05) is 6.20 Å². The zero-order valence-electron chi connectivity index (χ0n) is 23.9. The molecule has 0 bridgehead atoms. The summed E-state index contributed by atoms with van der Waals surface area (Å²) in [6, 6.07) is 24.6. The van der Waals surface area contributed by atoms with E-state index in [-0.39, 0.29) is 5.41 Å². The van der Waals surface area contributed by atoms with Crippen LogP contribution in [0.2, 0.25) is 0 Å². The summed E-state index contributed by atoms with van der Waals surface area (Å²) in [7, 11) is 2.23. The van der Waals surface area contributed by atoms with E-state index in [0.29, 0.717) is 11.8 Å². The highest BCUT2D eigenvalue weighted by atomic mass is 15.2. The maximum absolute atomic E-state index is 4.90. The van der Waals surface area contributed by atoms with Gasteiger partial charge in [-0.15, -0.1) is 0 Å². The van der Waals surface area contributed by atoms with Crippen molar-refractivity contribution >= 4 is 11.0 Å². The molecule has 2 heterocycles. The lowest BCUT2D eigenvalue weighted by Crippen LogP contribution is -2.32. The van der Waals surface area contributed by atoms with E-state index in [0.717, 1.165) is 5.69 Å². The Balaban J connectivity index is 1.82. The molecule has 3 aromatic carbocycles. The molecule has 0 N–H and O–H groups in total. The number of fused-ring (bicyclic) bond motifs is 4. The van der Waals surface area contributed by atoms with E-state index in [2.05, 4.69) is 131 Å². The molecule has 1 aliphatic carbocycles. The van der Waals surface area contributed by atoms with E-state index >= 15 is 0 Å². The van der Waals surface area contributed by atoms with Crippen LogP contribution >= 0.6 is 0 Å². The third-order valence-corrected chi connectivity index (χ3v) is 8.53. The van der Waals surface area contributed by atoms with E-state index < -0.39 is 0 Å². The summed E-state index contributed by atoms with van der Waals surface area (Å²) in [5, 5.41) is 0. The van der Waals surface area contributed by atoms with Gasteiger partial charge in [-0.05, 0) is 53.6 Å². The number of nitrogens with zero attached hydrogens (tertiary/aromatic N) is 3. The summed E-state index contributed by atoms with van der Waals surface area (Å²) in [5.41, 5.74) is 14.1. The number of benzene rings is 3. The Hall–Kier alpha value is -3.72. The number of hydrogen-bond acceptors (Lipinski definition) is 1. The number of rotatable bonds is 4. The lowest BCUT2D eigenvalue weighted by Gasteiger charge is -2.24. The van der Waals surface area contributed by atoms with Crippen molar-refractivity contribution in [2.24, 2.45) is 7.05 Å². The summed E-state index contributed by atoms with van der Waals surface area (Å²) in [4.78, 5) is 4.90. The Kier molecular flexibility index (Phi) is 5.61. The van der Waals surface area contributed by atoms with Crippen LogP contribution in [0.4, 0.5) is 0 Å². The van der Waals surface area contributed by atoms with Gasteiger partial charge >= 0.3 is 0 Å². The molecule has 0 amide bonds. The van der Waals surface area contributed by atoms with Crippen LogP contribution in [0, 0.1) is 6.92 Å². The van der Waals surface area contributed by atoms with Crippen LogP contribution in [-0.4, -0.2) is 9.55 Å². The van der Waals surface area contributed by atoms with E-state index in [1.54, 1.807) is 0 Å².